The molecule has 0 radical (unpaired) electrons. The van der Waals surface area contributed by atoms with Crippen molar-refractivity contribution >= 4 is 26.3 Å². The summed E-state index contributed by atoms with van der Waals surface area (Å²) < 4.78 is 23.5. The Morgan fingerprint density at radius 2 is 1.80 bits per heavy atom. The molecule has 1 heterocycles. The Morgan fingerprint density at radius 3 is 2.33 bits per heavy atom. The van der Waals surface area contributed by atoms with Crippen LogP contribution in [0.4, 0.5) is 0 Å². The normalized spacial score (nSPS) is 18.5. The molecule has 0 saturated heterocycles. The maximum absolute atomic E-state index is 11.7. The minimum Gasteiger partial charge on any atom is -0.389 e. The second-order valence-electron chi connectivity index (χ2n) is 3.08. The van der Waals surface area contributed by atoms with E-state index in [4.69, 9.17) is 17.3 Å². The number of hydrogen-bond donors (Lipinski definition) is 1. The summed E-state index contributed by atoms with van der Waals surface area (Å²) in [6.07, 6.45) is 2.83. The number of nitrogens with two attached hydrogens (primary N) is 1. The molecule has 0 spiro atoms. The van der Waals surface area contributed by atoms with Crippen molar-refractivity contribution < 1.29 is 8.42 Å². The van der Waals surface area contributed by atoms with Crippen LogP contribution in [0.25, 0.3) is 4.91 Å². The number of sulfone groups is 1. The van der Waals surface area contributed by atoms with Gasteiger partial charge in [-0.2, -0.15) is 0 Å². The third-order valence-electron chi connectivity index (χ3n) is 2.14. The quantitative estimate of drug-likeness (QED) is 0.817. The second-order valence-corrected chi connectivity index (χ2v) is 5.41. The molecular formula is C10H8ClNO2S. The van der Waals surface area contributed by atoms with E-state index in [1.165, 1.54) is 12.2 Å². The standard InChI is InChI=1S/C10H8ClNO2S/c11-8-4-2-1-3-7(8)9-5-6-10(12)15(9,13)14/h1-6H,12H2. The van der Waals surface area contributed by atoms with Gasteiger partial charge in [-0.1, -0.05) is 29.8 Å². The van der Waals surface area contributed by atoms with E-state index in [9.17, 15) is 8.42 Å². The molecule has 0 bridgehead atoms. The predicted molar refractivity (Wildman–Crippen MR) is 60.6 cm³/mol. The van der Waals surface area contributed by atoms with Gasteiger partial charge in [0.2, 0.25) is 9.84 Å². The first kappa shape index (κ1) is 10.3. The topological polar surface area (TPSA) is 60.2 Å². The van der Waals surface area contributed by atoms with Gasteiger partial charge >= 0.3 is 0 Å². The molecule has 1 aromatic carbocycles. The Hall–Kier alpha value is -1.26. The largest absolute Gasteiger partial charge is 0.389 e. The van der Waals surface area contributed by atoms with Gasteiger partial charge < -0.3 is 5.73 Å². The van der Waals surface area contributed by atoms with Crippen LogP contribution in [0.2, 0.25) is 5.02 Å². The van der Waals surface area contributed by atoms with Gasteiger partial charge in [-0.05, 0) is 18.2 Å². The van der Waals surface area contributed by atoms with Gasteiger partial charge in [-0.3, -0.25) is 0 Å². The number of rotatable bonds is 1. The SMILES string of the molecule is NC1=CC=C(c2ccccc2Cl)S1(=O)=O. The lowest BCUT2D eigenvalue weighted by Gasteiger charge is -2.05. The Morgan fingerprint density at radius 1 is 1.13 bits per heavy atom. The fraction of sp³-hybridized carbons (Fsp3) is 0. The van der Waals surface area contributed by atoms with Crippen molar-refractivity contribution in [1.82, 2.24) is 0 Å². The van der Waals surface area contributed by atoms with Crippen LogP contribution in [0.5, 0.6) is 0 Å². The summed E-state index contributed by atoms with van der Waals surface area (Å²) >= 11 is 5.91. The molecule has 78 valence electrons. The average molecular weight is 242 g/mol. The molecule has 5 heteroatoms. The monoisotopic (exact) mass is 241 g/mol. The maximum Gasteiger partial charge on any atom is 0.221 e. The lowest BCUT2D eigenvalue weighted by molar-refractivity contribution is 0.611. The van der Waals surface area contributed by atoms with Gasteiger partial charge in [0.05, 0.1) is 4.91 Å². The molecule has 0 atom stereocenters. The molecular weight excluding hydrogens is 234 g/mol. The molecule has 0 amide bonds. The summed E-state index contributed by atoms with van der Waals surface area (Å²) in [5, 5.41) is 0.257. The first-order valence-corrected chi connectivity index (χ1v) is 6.07. The highest BCUT2D eigenvalue weighted by molar-refractivity contribution is 8.04. The number of halogens is 1. The summed E-state index contributed by atoms with van der Waals surface area (Å²) in [6.45, 7) is 0. The Kier molecular flexibility index (Phi) is 2.32. The van der Waals surface area contributed by atoms with Gasteiger partial charge in [-0.15, -0.1) is 0 Å². The second kappa shape index (κ2) is 3.40. The Bertz CT molecular complexity index is 573. The van der Waals surface area contributed by atoms with Crippen LogP contribution < -0.4 is 5.73 Å². The fourth-order valence-electron chi connectivity index (χ4n) is 1.36. The van der Waals surface area contributed by atoms with Crippen molar-refractivity contribution in [2.75, 3.05) is 0 Å². The molecule has 0 aromatic heterocycles. The molecule has 1 aliphatic rings. The van der Waals surface area contributed by atoms with E-state index in [0.717, 1.165) is 0 Å². The van der Waals surface area contributed by atoms with E-state index >= 15 is 0 Å². The van der Waals surface area contributed by atoms with E-state index in [2.05, 4.69) is 0 Å². The third kappa shape index (κ3) is 1.56. The average Bonchev–Trinajstić information content (AvgIpc) is 2.44. The Balaban J connectivity index is 2.59. The van der Waals surface area contributed by atoms with Crippen LogP contribution in [0.3, 0.4) is 0 Å². The van der Waals surface area contributed by atoms with Crippen LogP contribution >= 0.6 is 11.6 Å². The van der Waals surface area contributed by atoms with E-state index in [1.807, 2.05) is 0 Å². The van der Waals surface area contributed by atoms with Crippen molar-refractivity contribution in [2.45, 2.75) is 0 Å². The molecule has 2 rings (SSSR count). The van der Waals surface area contributed by atoms with Gasteiger partial charge in [0.1, 0.15) is 5.03 Å². The van der Waals surface area contributed by atoms with Crippen LogP contribution in [0.15, 0.2) is 41.4 Å². The summed E-state index contributed by atoms with van der Waals surface area (Å²) in [6, 6.07) is 6.76. The van der Waals surface area contributed by atoms with Crippen molar-refractivity contribution in [1.29, 1.82) is 0 Å². The van der Waals surface area contributed by atoms with E-state index < -0.39 is 9.84 Å². The molecule has 1 aliphatic heterocycles. The van der Waals surface area contributed by atoms with E-state index in [0.29, 0.717) is 10.6 Å². The smallest absolute Gasteiger partial charge is 0.221 e. The highest BCUT2D eigenvalue weighted by Gasteiger charge is 2.27. The molecule has 1 aromatic rings. The minimum absolute atomic E-state index is 0.141. The first-order valence-electron chi connectivity index (χ1n) is 4.21. The lowest BCUT2D eigenvalue weighted by atomic mass is 10.2. The zero-order valence-electron chi connectivity index (χ0n) is 7.64. The zero-order chi connectivity index (χ0) is 11.1. The highest BCUT2D eigenvalue weighted by Crippen LogP contribution is 2.33. The van der Waals surface area contributed by atoms with Gasteiger partial charge in [0, 0.05) is 10.6 Å². The summed E-state index contributed by atoms with van der Waals surface area (Å²) in [4.78, 5) is 0.158. The maximum atomic E-state index is 11.7. The van der Waals surface area contributed by atoms with Crippen molar-refractivity contribution in [3.05, 3.63) is 52.0 Å². The first-order chi connectivity index (χ1) is 7.03. The molecule has 0 saturated carbocycles. The van der Waals surface area contributed by atoms with E-state index in [-0.39, 0.29) is 9.93 Å². The summed E-state index contributed by atoms with van der Waals surface area (Å²) in [7, 11) is -3.53. The summed E-state index contributed by atoms with van der Waals surface area (Å²) in [5.41, 5.74) is 5.85. The van der Waals surface area contributed by atoms with Crippen LogP contribution in [0.1, 0.15) is 5.56 Å². The fourth-order valence-corrected chi connectivity index (χ4v) is 2.87. The highest BCUT2D eigenvalue weighted by atomic mass is 35.5. The molecule has 0 unspecified atom stereocenters. The predicted octanol–water partition coefficient (Wildman–Crippen LogP) is 1.91. The minimum atomic E-state index is -3.53. The number of hydrogen-bond acceptors (Lipinski definition) is 3. The van der Waals surface area contributed by atoms with E-state index in [1.54, 1.807) is 24.3 Å². The number of allylic oxidation sites excluding steroid dienone is 2. The third-order valence-corrected chi connectivity index (χ3v) is 4.16. The molecule has 3 nitrogen and oxygen atoms in total. The zero-order valence-corrected chi connectivity index (χ0v) is 9.22. The summed E-state index contributed by atoms with van der Waals surface area (Å²) in [5.74, 6) is 0. The molecule has 15 heavy (non-hydrogen) atoms. The van der Waals surface area contributed by atoms with Gasteiger partial charge in [0.15, 0.2) is 0 Å². The molecule has 0 aliphatic carbocycles. The van der Waals surface area contributed by atoms with Gasteiger partial charge in [-0.25, -0.2) is 8.42 Å². The Labute approximate surface area is 92.8 Å². The molecule has 0 fully saturated rings. The lowest BCUT2D eigenvalue weighted by Crippen LogP contribution is -2.09. The van der Waals surface area contributed by atoms with Crippen molar-refractivity contribution in [2.24, 2.45) is 5.73 Å². The molecule has 2 N–H and O–H groups in total. The van der Waals surface area contributed by atoms with Crippen LogP contribution in [-0.4, -0.2) is 8.42 Å². The van der Waals surface area contributed by atoms with Crippen molar-refractivity contribution in [3.8, 4) is 0 Å². The van der Waals surface area contributed by atoms with Crippen molar-refractivity contribution in [3.63, 3.8) is 0 Å². The number of benzene rings is 1. The van der Waals surface area contributed by atoms with Crippen LogP contribution in [0, 0.1) is 0 Å². The van der Waals surface area contributed by atoms with Gasteiger partial charge in [0.25, 0.3) is 0 Å². The van der Waals surface area contributed by atoms with Crippen LogP contribution in [-0.2, 0) is 9.84 Å².